The second kappa shape index (κ2) is 3.93. The summed E-state index contributed by atoms with van der Waals surface area (Å²) < 4.78 is 2.04. The largest absolute Gasteiger partial charge is 0.303 e. The van der Waals surface area contributed by atoms with Crippen molar-refractivity contribution >= 4 is 6.29 Å². The lowest BCUT2D eigenvalue weighted by molar-refractivity contribution is 0.112. The molecule has 0 aliphatic carbocycles. The number of hydrogen-bond donors (Lipinski definition) is 0. The molecular formula is C13H14N2O. The van der Waals surface area contributed by atoms with Crippen molar-refractivity contribution in [1.82, 2.24) is 9.55 Å². The third kappa shape index (κ3) is 1.76. The number of benzene rings is 1. The van der Waals surface area contributed by atoms with Crippen LogP contribution in [0.2, 0.25) is 0 Å². The first-order valence-electron chi connectivity index (χ1n) is 5.20. The van der Waals surface area contributed by atoms with Crippen molar-refractivity contribution in [2.75, 3.05) is 0 Å². The quantitative estimate of drug-likeness (QED) is 0.720. The molecule has 2 rings (SSSR count). The zero-order chi connectivity index (χ0) is 11.7. The van der Waals surface area contributed by atoms with E-state index in [2.05, 4.69) is 4.98 Å². The van der Waals surface area contributed by atoms with Crippen LogP contribution < -0.4 is 0 Å². The first kappa shape index (κ1) is 10.6. The smallest absolute Gasteiger partial charge is 0.150 e. The van der Waals surface area contributed by atoms with Crippen molar-refractivity contribution in [3.8, 4) is 5.69 Å². The molecule has 0 spiro atoms. The molecule has 0 saturated carbocycles. The summed E-state index contributed by atoms with van der Waals surface area (Å²) in [5.41, 5.74) is 3.85. The molecule has 0 aliphatic rings. The molecular weight excluding hydrogens is 200 g/mol. The minimum Gasteiger partial charge on any atom is -0.303 e. The van der Waals surface area contributed by atoms with E-state index in [0.29, 0.717) is 5.56 Å². The van der Waals surface area contributed by atoms with Gasteiger partial charge in [0, 0.05) is 17.4 Å². The Hall–Kier alpha value is -1.90. The van der Waals surface area contributed by atoms with Gasteiger partial charge >= 0.3 is 0 Å². The third-order valence-electron chi connectivity index (χ3n) is 2.62. The van der Waals surface area contributed by atoms with Gasteiger partial charge in [0.15, 0.2) is 0 Å². The topological polar surface area (TPSA) is 34.9 Å². The fraction of sp³-hybridized carbons (Fsp3) is 0.231. The average molecular weight is 214 g/mol. The summed E-state index contributed by atoms with van der Waals surface area (Å²) in [6.07, 6.45) is 2.86. The molecule has 3 heteroatoms. The molecule has 0 fully saturated rings. The predicted molar refractivity (Wildman–Crippen MR) is 63.2 cm³/mol. The summed E-state index contributed by atoms with van der Waals surface area (Å²) in [6, 6.07) is 5.66. The van der Waals surface area contributed by atoms with Gasteiger partial charge in [0.25, 0.3) is 0 Å². The average Bonchev–Trinajstić information content (AvgIpc) is 2.57. The second-order valence-electron chi connectivity index (χ2n) is 3.96. The Morgan fingerprint density at radius 3 is 2.50 bits per heavy atom. The molecule has 0 unspecified atom stereocenters. The van der Waals surface area contributed by atoms with Gasteiger partial charge in [-0.05, 0) is 44.5 Å². The van der Waals surface area contributed by atoms with Crippen LogP contribution in [0.15, 0.2) is 24.4 Å². The Balaban J connectivity index is 2.56. The van der Waals surface area contributed by atoms with E-state index in [1.807, 2.05) is 49.7 Å². The summed E-state index contributed by atoms with van der Waals surface area (Å²) in [7, 11) is 0. The first-order chi connectivity index (χ1) is 7.61. The van der Waals surface area contributed by atoms with Gasteiger partial charge in [-0.1, -0.05) is 0 Å². The van der Waals surface area contributed by atoms with E-state index in [1.54, 1.807) is 0 Å². The highest BCUT2D eigenvalue weighted by Gasteiger charge is 2.06. The molecule has 0 radical (unpaired) electrons. The highest BCUT2D eigenvalue weighted by atomic mass is 16.1. The minimum atomic E-state index is 0.704. The highest BCUT2D eigenvalue weighted by molar-refractivity contribution is 5.75. The summed E-state index contributed by atoms with van der Waals surface area (Å²) in [5.74, 6) is 0.958. The lowest BCUT2D eigenvalue weighted by Gasteiger charge is -2.08. The molecule has 0 bridgehead atoms. The van der Waals surface area contributed by atoms with Crippen LogP contribution in [0.4, 0.5) is 0 Å². The van der Waals surface area contributed by atoms with Gasteiger partial charge < -0.3 is 4.57 Å². The normalized spacial score (nSPS) is 10.4. The number of aryl methyl sites for hydroxylation is 3. The summed E-state index contributed by atoms with van der Waals surface area (Å²) >= 11 is 0. The van der Waals surface area contributed by atoms with Crippen LogP contribution in [0.25, 0.3) is 5.69 Å². The first-order valence-corrected chi connectivity index (χ1v) is 5.20. The van der Waals surface area contributed by atoms with Crippen LogP contribution in [-0.2, 0) is 0 Å². The van der Waals surface area contributed by atoms with E-state index in [0.717, 1.165) is 29.1 Å². The Morgan fingerprint density at radius 1 is 1.25 bits per heavy atom. The highest BCUT2D eigenvalue weighted by Crippen LogP contribution is 2.17. The number of hydrogen-bond acceptors (Lipinski definition) is 2. The minimum absolute atomic E-state index is 0.704. The Bertz CT molecular complexity index is 541. The lowest BCUT2D eigenvalue weighted by atomic mass is 10.1. The number of nitrogens with zero attached hydrogens (tertiary/aromatic N) is 2. The second-order valence-corrected chi connectivity index (χ2v) is 3.96. The van der Waals surface area contributed by atoms with E-state index in [-0.39, 0.29) is 0 Å². The molecule has 0 N–H and O–H groups in total. The van der Waals surface area contributed by atoms with Gasteiger partial charge in [-0.15, -0.1) is 0 Å². The monoisotopic (exact) mass is 214 g/mol. The van der Waals surface area contributed by atoms with Crippen LogP contribution in [-0.4, -0.2) is 15.8 Å². The molecule has 1 aromatic heterocycles. The number of imidazole rings is 1. The summed E-state index contributed by atoms with van der Waals surface area (Å²) in [6.45, 7) is 5.94. The van der Waals surface area contributed by atoms with E-state index >= 15 is 0 Å². The third-order valence-corrected chi connectivity index (χ3v) is 2.62. The van der Waals surface area contributed by atoms with Crippen LogP contribution in [0, 0.1) is 20.8 Å². The molecule has 0 atom stereocenters. The molecule has 3 nitrogen and oxygen atoms in total. The fourth-order valence-electron chi connectivity index (χ4n) is 1.88. The molecule has 0 saturated heterocycles. The van der Waals surface area contributed by atoms with Crippen molar-refractivity contribution in [3.05, 3.63) is 47.0 Å². The maximum atomic E-state index is 10.7. The van der Waals surface area contributed by atoms with Gasteiger partial charge in [-0.25, -0.2) is 4.98 Å². The summed E-state index contributed by atoms with van der Waals surface area (Å²) in [4.78, 5) is 15.0. The summed E-state index contributed by atoms with van der Waals surface area (Å²) in [5, 5.41) is 0. The number of carbonyl (C=O) groups is 1. The zero-order valence-electron chi connectivity index (χ0n) is 9.69. The molecule has 16 heavy (non-hydrogen) atoms. The number of carbonyl (C=O) groups excluding carboxylic acids is 1. The van der Waals surface area contributed by atoms with Gasteiger partial charge in [0.1, 0.15) is 12.1 Å². The van der Waals surface area contributed by atoms with Crippen LogP contribution >= 0.6 is 0 Å². The number of aromatic nitrogens is 2. The SMILES string of the molecule is Cc1cn(-c2ccc(C=O)cc2C)c(C)n1. The van der Waals surface area contributed by atoms with E-state index in [4.69, 9.17) is 0 Å². The zero-order valence-corrected chi connectivity index (χ0v) is 9.69. The molecule has 1 aromatic carbocycles. The number of rotatable bonds is 2. The van der Waals surface area contributed by atoms with Crippen LogP contribution in [0.1, 0.15) is 27.4 Å². The van der Waals surface area contributed by atoms with Crippen molar-refractivity contribution < 1.29 is 4.79 Å². The maximum absolute atomic E-state index is 10.7. The van der Waals surface area contributed by atoms with Crippen LogP contribution in [0.5, 0.6) is 0 Å². The van der Waals surface area contributed by atoms with E-state index < -0.39 is 0 Å². The standard InChI is InChI=1S/C13H14N2O/c1-9-6-12(8-16)4-5-13(9)15-7-10(2)14-11(15)3/h4-8H,1-3H3. The van der Waals surface area contributed by atoms with Crippen molar-refractivity contribution in [1.29, 1.82) is 0 Å². The number of aldehydes is 1. The van der Waals surface area contributed by atoms with Crippen molar-refractivity contribution in [3.63, 3.8) is 0 Å². The molecule has 1 heterocycles. The van der Waals surface area contributed by atoms with Gasteiger partial charge in [-0.3, -0.25) is 4.79 Å². The Morgan fingerprint density at radius 2 is 2.00 bits per heavy atom. The van der Waals surface area contributed by atoms with E-state index in [1.165, 1.54) is 0 Å². The van der Waals surface area contributed by atoms with Crippen molar-refractivity contribution in [2.24, 2.45) is 0 Å². The van der Waals surface area contributed by atoms with Crippen LogP contribution in [0.3, 0.4) is 0 Å². The fourth-order valence-corrected chi connectivity index (χ4v) is 1.88. The van der Waals surface area contributed by atoms with Crippen molar-refractivity contribution in [2.45, 2.75) is 20.8 Å². The Kier molecular flexibility index (Phi) is 2.60. The molecule has 0 aliphatic heterocycles. The molecule has 0 amide bonds. The predicted octanol–water partition coefficient (Wildman–Crippen LogP) is 2.61. The van der Waals surface area contributed by atoms with Gasteiger partial charge in [0.2, 0.25) is 0 Å². The van der Waals surface area contributed by atoms with Gasteiger partial charge in [0.05, 0.1) is 5.69 Å². The Labute approximate surface area is 94.7 Å². The lowest BCUT2D eigenvalue weighted by Crippen LogP contribution is -1.98. The van der Waals surface area contributed by atoms with E-state index in [9.17, 15) is 4.79 Å². The maximum Gasteiger partial charge on any atom is 0.150 e. The van der Waals surface area contributed by atoms with Gasteiger partial charge in [-0.2, -0.15) is 0 Å². The molecule has 82 valence electrons. The molecule has 2 aromatic rings.